The molecule has 25 heavy (non-hydrogen) atoms. The zero-order valence-electron chi connectivity index (χ0n) is 15.2. The molecule has 2 atom stereocenters. The van der Waals surface area contributed by atoms with E-state index in [-0.39, 0.29) is 11.9 Å². The molecular formula is C20H26N2O3. The second kappa shape index (κ2) is 8.53. The molecule has 0 radical (unpaired) electrons. The zero-order valence-corrected chi connectivity index (χ0v) is 15.2. The first-order valence-corrected chi connectivity index (χ1v) is 8.28. The lowest BCUT2D eigenvalue weighted by Crippen LogP contribution is -2.43. The second-order valence-corrected chi connectivity index (χ2v) is 6.09. The lowest BCUT2D eigenvalue weighted by Gasteiger charge is -2.21. The molecule has 134 valence electrons. The summed E-state index contributed by atoms with van der Waals surface area (Å²) < 4.78 is 10.7. The first-order valence-electron chi connectivity index (χ1n) is 8.28. The van der Waals surface area contributed by atoms with Gasteiger partial charge in [0.25, 0.3) is 0 Å². The predicted octanol–water partition coefficient (Wildman–Crippen LogP) is 2.76. The smallest absolute Gasteiger partial charge is 0.237 e. The molecule has 2 rings (SSSR count). The Bertz CT molecular complexity index is 716. The molecule has 0 aliphatic heterocycles. The van der Waals surface area contributed by atoms with Crippen LogP contribution >= 0.6 is 0 Å². The summed E-state index contributed by atoms with van der Waals surface area (Å²) in [5, 5.41) is 2.99. The molecule has 5 heteroatoms. The Morgan fingerprint density at radius 3 is 2.32 bits per heavy atom. The summed E-state index contributed by atoms with van der Waals surface area (Å²) in [4.78, 5) is 12.4. The Hall–Kier alpha value is -2.53. The van der Waals surface area contributed by atoms with Crippen molar-refractivity contribution in [1.29, 1.82) is 0 Å². The third-order valence-corrected chi connectivity index (χ3v) is 4.23. The Morgan fingerprint density at radius 1 is 1.12 bits per heavy atom. The highest BCUT2D eigenvalue weighted by atomic mass is 16.5. The molecule has 1 amide bonds. The first-order chi connectivity index (χ1) is 12.0. The number of hydrogen-bond donors (Lipinski definition) is 2. The van der Waals surface area contributed by atoms with Crippen LogP contribution in [0.2, 0.25) is 0 Å². The van der Waals surface area contributed by atoms with Gasteiger partial charge >= 0.3 is 0 Å². The van der Waals surface area contributed by atoms with E-state index in [1.807, 2.05) is 56.3 Å². The van der Waals surface area contributed by atoms with E-state index in [0.717, 1.165) is 16.7 Å². The van der Waals surface area contributed by atoms with Crippen LogP contribution in [0.4, 0.5) is 0 Å². The minimum atomic E-state index is -0.592. The highest BCUT2D eigenvalue weighted by Gasteiger charge is 2.19. The molecule has 0 saturated carbocycles. The number of aryl methyl sites for hydroxylation is 1. The number of nitrogens with one attached hydrogen (secondary N) is 1. The fraction of sp³-hybridized carbons (Fsp3) is 0.350. The van der Waals surface area contributed by atoms with Crippen LogP contribution in [0, 0.1) is 6.92 Å². The number of carbonyl (C=O) groups is 1. The summed E-state index contributed by atoms with van der Waals surface area (Å²) in [6.07, 6.45) is 0.504. The summed E-state index contributed by atoms with van der Waals surface area (Å²) in [7, 11) is 3.20. The number of benzene rings is 2. The maximum Gasteiger partial charge on any atom is 0.237 e. The van der Waals surface area contributed by atoms with E-state index in [2.05, 4.69) is 5.32 Å². The molecule has 2 aromatic rings. The Kier molecular flexibility index (Phi) is 6.42. The van der Waals surface area contributed by atoms with Crippen LogP contribution in [0.15, 0.2) is 42.5 Å². The monoisotopic (exact) mass is 342 g/mol. The van der Waals surface area contributed by atoms with E-state index in [4.69, 9.17) is 15.2 Å². The fourth-order valence-corrected chi connectivity index (χ4v) is 2.82. The summed E-state index contributed by atoms with van der Waals surface area (Å²) in [5.74, 6) is 1.13. The number of ether oxygens (including phenoxy) is 2. The van der Waals surface area contributed by atoms with Crippen molar-refractivity contribution >= 4 is 5.91 Å². The summed E-state index contributed by atoms with van der Waals surface area (Å²) in [6, 6.07) is 12.8. The van der Waals surface area contributed by atoms with Gasteiger partial charge in [-0.2, -0.15) is 0 Å². The number of amides is 1. The largest absolute Gasteiger partial charge is 0.493 e. The first kappa shape index (κ1) is 18.8. The molecule has 3 N–H and O–H groups in total. The van der Waals surface area contributed by atoms with Crippen LogP contribution < -0.4 is 20.5 Å². The van der Waals surface area contributed by atoms with Gasteiger partial charge in [0.2, 0.25) is 5.91 Å². The van der Waals surface area contributed by atoms with E-state index in [1.54, 1.807) is 14.2 Å². The molecule has 2 unspecified atom stereocenters. The van der Waals surface area contributed by atoms with E-state index < -0.39 is 6.04 Å². The maximum atomic E-state index is 12.4. The second-order valence-electron chi connectivity index (χ2n) is 6.09. The zero-order chi connectivity index (χ0) is 18.4. The van der Waals surface area contributed by atoms with Crippen LogP contribution in [0.3, 0.4) is 0 Å². The molecule has 0 aliphatic rings. The Balaban J connectivity index is 2.08. The van der Waals surface area contributed by atoms with Gasteiger partial charge in [0, 0.05) is 0 Å². The lowest BCUT2D eigenvalue weighted by atomic mass is 10.0. The third-order valence-electron chi connectivity index (χ3n) is 4.23. The van der Waals surface area contributed by atoms with E-state index in [9.17, 15) is 4.79 Å². The number of methoxy groups -OCH3 is 2. The van der Waals surface area contributed by atoms with Crippen LogP contribution in [-0.2, 0) is 11.2 Å². The standard InChI is InChI=1S/C20H26N2O3/c1-13-10-18(24-3)19(25-4)12-16(13)14(2)22-20(23)17(21)11-15-8-6-5-7-9-15/h5-10,12,14,17H,11,21H2,1-4H3,(H,22,23). The molecule has 0 bridgehead atoms. The van der Waals surface area contributed by atoms with Gasteiger partial charge < -0.3 is 20.5 Å². The Labute approximate surface area is 149 Å². The Morgan fingerprint density at radius 2 is 1.72 bits per heavy atom. The highest BCUT2D eigenvalue weighted by Crippen LogP contribution is 2.32. The number of hydrogen-bond acceptors (Lipinski definition) is 4. The van der Waals surface area contributed by atoms with Crippen molar-refractivity contribution in [2.45, 2.75) is 32.4 Å². The summed E-state index contributed by atoms with van der Waals surface area (Å²) in [5.41, 5.74) is 9.09. The van der Waals surface area contributed by atoms with Crippen LogP contribution in [0.1, 0.15) is 29.7 Å². The molecule has 0 aromatic heterocycles. The van der Waals surface area contributed by atoms with Gasteiger partial charge in [0.05, 0.1) is 26.3 Å². The van der Waals surface area contributed by atoms with Gasteiger partial charge in [-0.3, -0.25) is 4.79 Å². The van der Waals surface area contributed by atoms with Crippen molar-refractivity contribution in [3.05, 3.63) is 59.2 Å². The molecule has 5 nitrogen and oxygen atoms in total. The number of rotatable bonds is 7. The van der Waals surface area contributed by atoms with Crippen LogP contribution in [-0.4, -0.2) is 26.2 Å². The molecule has 0 spiro atoms. The third kappa shape index (κ3) is 4.73. The topological polar surface area (TPSA) is 73.6 Å². The summed E-state index contributed by atoms with van der Waals surface area (Å²) >= 11 is 0. The summed E-state index contributed by atoms with van der Waals surface area (Å²) in [6.45, 7) is 3.91. The van der Waals surface area contributed by atoms with Gasteiger partial charge in [-0.05, 0) is 49.1 Å². The van der Waals surface area contributed by atoms with Gasteiger partial charge in [-0.25, -0.2) is 0 Å². The molecule has 0 saturated heterocycles. The lowest BCUT2D eigenvalue weighted by molar-refractivity contribution is -0.123. The fourth-order valence-electron chi connectivity index (χ4n) is 2.82. The van der Waals surface area contributed by atoms with Gasteiger partial charge in [-0.15, -0.1) is 0 Å². The quantitative estimate of drug-likeness (QED) is 0.811. The van der Waals surface area contributed by atoms with Crippen molar-refractivity contribution < 1.29 is 14.3 Å². The van der Waals surface area contributed by atoms with Gasteiger partial charge in [-0.1, -0.05) is 30.3 Å². The minimum Gasteiger partial charge on any atom is -0.493 e. The molecule has 0 heterocycles. The minimum absolute atomic E-state index is 0.175. The maximum absolute atomic E-state index is 12.4. The van der Waals surface area contributed by atoms with E-state index in [1.165, 1.54) is 0 Å². The predicted molar refractivity (Wildman–Crippen MR) is 99.0 cm³/mol. The highest BCUT2D eigenvalue weighted by molar-refractivity contribution is 5.82. The van der Waals surface area contributed by atoms with E-state index >= 15 is 0 Å². The number of carbonyl (C=O) groups excluding carboxylic acids is 1. The average Bonchev–Trinajstić information content (AvgIpc) is 2.61. The molecular weight excluding hydrogens is 316 g/mol. The van der Waals surface area contributed by atoms with E-state index in [0.29, 0.717) is 17.9 Å². The van der Waals surface area contributed by atoms with Crippen LogP contribution in [0.25, 0.3) is 0 Å². The van der Waals surface area contributed by atoms with Crippen molar-refractivity contribution in [3.8, 4) is 11.5 Å². The van der Waals surface area contributed by atoms with Crippen molar-refractivity contribution in [3.63, 3.8) is 0 Å². The van der Waals surface area contributed by atoms with Gasteiger partial charge in [0.15, 0.2) is 11.5 Å². The average molecular weight is 342 g/mol. The van der Waals surface area contributed by atoms with Gasteiger partial charge in [0.1, 0.15) is 0 Å². The number of nitrogens with two attached hydrogens (primary N) is 1. The van der Waals surface area contributed by atoms with Crippen molar-refractivity contribution in [1.82, 2.24) is 5.32 Å². The molecule has 2 aromatic carbocycles. The molecule has 0 aliphatic carbocycles. The van der Waals surface area contributed by atoms with Crippen molar-refractivity contribution in [2.24, 2.45) is 5.73 Å². The molecule has 0 fully saturated rings. The SMILES string of the molecule is COc1cc(C)c(C(C)NC(=O)C(N)Cc2ccccc2)cc1OC. The van der Waals surface area contributed by atoms with Crippen LogP contribution in [0.5, 0.6) is 11.5 Å². The van der Waals surface area contributed by atoms with Crippen molar-refractivity contribution in [2.75, 3.05) is 14.2 Å². The normalized spacial score (nSPS) is 13.0.